The van der Waals surface area contributed by atoms with Crippen LogP contribution in [-0.4, -0.2) is 51.9 Å². The Morgan fingerprint density at radius 3 is 2.27 bits per heavy atom. The Labute approximate surface area is 177 Å². The normalized spacial score (nSPS) is 12.6. The lowest BCUT2D eigenvalue weighted by atomic mass is 10.1. The van der Waals surface area contributed by atoms with Crippen LogP contribution in [0.15, 0.2) is 41.3 Å². The molecule has 1 rings (SSSR count). The lowest BCUT2D eigenvalue weighted by Gasteiger charge is -2.21. The van der Waals surface area contributed by atoms with Crippen molar-refractivity contribution in [3.8, 4) is 0 Å². The SMILES string of the molecule is C/C=C/COC(=O)CNC(=O)CNC(=O)[C@@H](NS(=O)(=O)c1ccc(C)cc1)C(C)C. The first-order chi connectivity index (χ1) is 14.1. The van der Waals surface area contributed by atoms with E-state index in [-0.39, 0.29) is 24.0 Å². The predicted molar refractivity (Wildman–Crippen MR) is 112 cm³/mol. The van der Waals surface area contributed by atoms with Gasteiger partial charge in [0.15, 0.2) is 0 Å². The van der Waals surface area contributed by atoms with Crippen LogP contribution >= 0.6 is 0 Å². The summed E-state index contributed by atoms with van der Waals surface area (Å²) in [6, 6.07) is 5.15. The molecule has 30 heavy (non-hydrogen) atoms. The number of sulfonamides is 1. The van der Waals surface area contributed by atoms with Gasteiger partial charge in [-0.3, -0.25) is 14.4 Å². The van der Waals surface area contributed by atoms with Gasteiger partial charge in [0, 0.05) is 0 Å². The molecular weight excluding hydrogens is 410 g/mol. The second kappa shape index (κ2) is 12.1. The minimum Gasteiger partial charge on any atom is -0.460 e. The molecule has 166 valence electrons. The molecular formula is C20H29N3O6S. The van der Waals surface area contributed by atoms with Crippen LogP contribution in [-0.2, 0) is 29.1 Å². The zero-order valence-corrected chi connectivity index (χ0v) is 18.4. The van der Waals surface area contributed by atoms with Crippen LogP contribution in [0.5, 0.6) is 0 Å². The second-order valence-electron chi connectivity index (χ2n) is 6.90. The second-order valence-corrected chi connectivity index (χ2v) is 8.62. The molecule has 1 aromatic rings. The van der Waals surface area contributed by atoms with E-state index in [0.29, 0.717) is 0 Å². The van der Waals surface area contributed by atoms with Crippen molar-refractivity contribution in [2.24, 2.45) is 5.92 Å². The van der Waals surface area contributed by atoms with Crippen LogP contribution in [0, 0.1) is 12.8 Å². The Morgan fingerprint density at radius 2 is 1.70 bits per heavy atom. The zero-order chi connectivity index (χ0) is 22.7. The maximum Gasteiger partial charge on any atom is 0.325 e. The Bertz CT molecular complexity index is 863. The number of allylic oxidation sites excluding steroid dienone is 1. The topological polar surface area (TPSA) is 131 Å². The average molecular weight is 440 g/mol. The number of amides is 2. The van der Waals surface area contributed by atoms with Gasteiger partial charge in [-0.2, -0.15) is 4.72 Å². The molecule has 1 atom stereocenters. The van der Waals surface area contributed by atoms with E-state index < -0.39 is 40.4 Å². The highest BCUT2D eigenvalue weighted by atomic mass is 32.2. The van der Waals surface area contributed by atoms with E-state index in [4.69, 9.17) is 4.74 Å². The van der Waals surface area contributed by atoms with Crippen molar-refractivity contribution in [1.82, 2.24) is 15.4 Å². The first-order valence-electron chi connectivity index (χ1n) is 9.47. The maximum absolute atomic E-state index is 12.6. The van der Waals surface area contributed by atoms with Gasteiger partial charge in [0.05, 0.1) is 11.4 Å². The fourth-order valence-electron chi connectivity index (χ4n) is 2.24. The third kappa shape index (κ3) is 8.75. The molecule has 9 nitrogen and oxygen atoms in total. The lowest BCUT2D eigenvalue weighted by molar-refractivity contribution is -0.142. The van der Waals surface area contributed by atoms with Crippen molar-refractivity contribution in [1.29, 1.82) is 0 Å². The van der Waals surface area contributed by atoms with E-state index >= 15 is 0 Å². The van der Waals surface area contributed by atoms with Crippen LogP contribution in [0.3, 0.4) is 0 Å². The largest absolute Gasteiger partial charge is 0.460 e. The van der Waals surface area contributed by atoms with Gasteiger partial charge in [0.25, 0.3) is 0 Å². The smallest absolute Gasteiger partial charge is 0.325 e. The van der Waals surface area contributed by atoms with Crippen molar-refractivity contribution in [3.63, 3.8) is 0 Å². The van der Waals surface area contributed by atoms with Crippen LogP contribution in [0.25, 0.3) is 0 Å². The molecule has 0 fully saturated rings. The van der Waals surface area contributed by atoms with Crippen molar-refractivity contribution < 1.29 is 27.5 Å². The molecule has 0 unspecified atom stereocenters. The molecule has 0 bridgehead atoms. The Hall–Kier alpha value is -2.72. The van der Waals surface area contributed by atoms with Gasteiger partial charge in [-0.25, -0.2) is 8.42 Å². The van der Waals surface area contributed by atoms with E-state index in [1.165, 1.54) is 12.1 Å². The summed E-state index contributed by atoms with van der Waals surface area (Å²) in [5, 5.41) is 4.70. The number of aryl methyl sites for hydroxylation is 1. The van der Waals surface area contributed by atoms with Gasteiger partial charge in [0.1, 0.15) is 19.2 Å². The molecule has 0 aliphatic rings. The van der Waals surface area contributed by atoms with E-state index in [1.807, 2.05) is 6.92 Å². The highest BCUT2D eigenvalue weighted by Gasteiger charge is 2.28. The number of hydrogen-bond donors (Lipinski definition) is 3. The molecule has 3 N–H and O–H groups in total. The first kappa shape index (κ1) is 25.3. The van der Waals surface area contributed by atoms with E-state index in [1.54, 1.807) is 45.1 Å². The number of esters is 1. The van der Waals surface area contributed by atoms with Crippen molar-refractivity contribution in [2.45, 2.75) is 38.6 Å². The minimum atomic E-state index is -3.92. The molecule has 0 aliphatic heterocycles. The predicted octanol–water partition coefficient (Wildman–Crippen LogP) is 0.650. The molecule has 2 amide bonds. The molecule has 0 aromatic heterocycles. The summed E-state index contributed by atoms with van der Waals surface area (Å²) in [6.07, 6.45) is 3.36. The van der Waals surface area contributed by atoms with Crippen LogP contribution in [0.4, 0.5) is 0 Å². The highest BCUT2D eigenvalue weighted by molar-refractivity contribution is 7.89. The standard InChI is InChI=1S/C20H29N3O6S/c1-5-6-11-29-18(25)13-21-17(24)12-22-20(26)19(14(2)3)23-30(27,28)16-9-7-15(4)8-10-16/h5-10,14,19,23H,11-13H2,1-4H3,(H,21,24)(H,22,26)/b6-5+/t19-/m0/s1. The number of hydrogen-bond acceptors (Lipinski definition) is 6. The first-order valence-corrected chi connectivity index (χ1v) is 10.9. The lowest BCUT2D eigenvalue weighted by Crippen LogP contribution is -2.51. The molecule has 0 spiro atoms. The molecule has 0 saturated carbocycles. The summed E-state index contributed by atoms with van der Waals surface area (Å²) in [7, 11) is -3.92. The van der Waals surface area contributed by atoms with Gasteiger partial charge < -0.3 is 15.4 Å². The van der Waals surface area contributed by atoms with Crippen LogP contribution in [0.1, 0.15) is 26.3 Å². The molecule has 10 heteroatoms. The molecule has 0 radical (unpaired) electrons. The summed E-state index contributed by atoms with van der Waals surface area (Å²) < 4.78 is 32.3. The maximum atomic E-state index is 12.6. The van der Waals surface area contributed by atoms with E-state index in [9.17, 15) is 22.8 Å². The van der Waals surface area contributed by atoms with Gasteiger partial charge in [0.2, 0.25) is 21.8 Å². The quantitative estimate of drug-likeness (QED) is 0.343. The number of benzene rings is 1. The highest BCUT2D eigenvalue weighted by Crippen LogP contribution is 2.13. The monoisotopic (exact) mass is 439 g/mol. The zero-order valence-electron chi connectivity index (χ0n) is 17.6. The average Bonchev–Trinajstić information content (AvgIpc) is 2.69. The summed E-state index contributed by atoms with van der Waals surface area (Å²) in [6.45, 7) is 6.35. The molecule has 1 aromatic carbocycles. The molecule has 0 aliphatic carbocycles. The Morgan fingerprint density at radius 1 is 1.07 bits per heavy atom. The molecule has 0 heterocycles. The number of carbonyl (C=O) groups is 3. The Kier molecular flexibility index (Phi) is 10.2. The van der Waals surface area contributed by atoms with Gasteiger partial charge in [-0.1, -0.05) is 43.7 Å². The summed E-state index contributed by atoms with van der Waals surface area (Å²) in [4.78, 5) is 35.8. The summed E-state index contributed by atoms with van der Waals surface area (Å²) in [5.41, 5.74) is 0.906. The van der Waals surface area contributed by atoms with E-state index in [2.05, 4.69) is 15.4 Å². The van der Waals surface area contributed by atoms with Gasteiger partial charge in [-0.15, -0.1) is 0 Å². The van der Waals surface area contributed by atoms with Crippen LogP contribution in [0.2, 0.25) is 0 Å². The third-order valence-corrected chi connectivity index (χ3v) is 5.45. The van der Waals surface area contributed by atoms with Crippen molar-refractivity contribution in [2.75, 3.05) is 19.7 Å². The fourth-order valence-corrected chi connectivity index (χ4v) is 3.59. The number of ether oxygens (including phenoxy) is 1. The van der Waals surface area contributed by atoms with Crippen molar-refractivity contribution in [3.05, 3.63) is 42.0 Å². The Balaban J connectivity index is 2.60. The number of carbonyl (C=O) groups excluding carboxylic acids is 3. The fraction of sp³-hybridized carbons (Fsp3) is 0.450. The summed E-state index contributed by atoms with van der Waals surface area (Å²) in [5.74, 6) is -2.23. The third-order valence-electron chi connectivity index (χ3n) is 3.99. The van der Waals surface area contributed by atoms with Crippen molar-refractivity contribution >= 4 is 27.8 Å². The van der Waals surface area contributed by atoms with Gasteiger partial charge >= 0.3 is 5.97 Å². The minimum absolute atomic E-state index is 0.0423. The molecule has 0 saturated heterocycles. The van der Waals surface area contributed by atoms with Gasteiger partial charge in [-0.05, 0) is 31.9 Å². The number of nitrogens with one attached hydrogen (secondary N) is 3. The van der Waals surface area contributed by atoms with E-state index in [0.717, 1.165) is 5.56 Å². The summed E-state index contributed by atoms with van der Waals surface area (Å²) >= 11 is 0. The van der Waals surface area contributed by atoms with Crippen LogP contribution < -0.4 is 15.4 Å². The number of rotatable bonds is 11.